The number of rotatable bonds is 7. The van der Waals surface area contributed by atoms with Crippen LogP contribution in [0.4, 0.5) is 5.69 Å². The van der Waals surface area contributed by atoms with Crippen LogP contribution in [0.1, 0.15) is 12.5 Å². The molecular formula is C20H21ClN2O5S. The topological polar surface area (TPSA) is 84.9 Å². The second-order valence-corrected chi connectivity index (χ2v) is 8.49. The van der Waals surface area contributed by atoms with Gasteiger partial charge < -0.3 is 14.8 Å². The van der Waals surface area contributed by atoms with E-state index in [1.807, 2.05) is 0 Å². The highest BCUT2D eigenvalue weighted by Crippen LogP contribution is 2.32. The Morgan fingerprint density at radius 3 is 2.52 bits per heavy atom. The molecule has 0 unspecified atom stereocenters. The Bertz CT molecular complexity index is 1010. The minimum absolute atomic E-state index is 0.155. The molecule has 1 heterocycles. The molecule has 1 aliphatic rings. The number of nitrogens with zero attached hydrogens (tertiary/aromatic N) is 1. The van der Waals surface area contributed by atoms with E-state index < -0.39 is 15.9 Å². The highest BCUT2D eigenvalue weighted by Gasteiger charge is 2.21. The van der Waals surface area contributed by atoms with Crippen molar-refractivity contribution < 1.29 is 22.7 Å². The van der Waals surface area contributed by atoms with Crippen molar-refractivity contribution >= 4 is 39.3 Å². The summed E-state index contributed by atoms with van der Waals surface area (Å²) in [6.45, 7) is 2.43. The van der Waals surface area contributed by atoms with Gasteiger partial charge in [-0.1, -0.05) is 30.7 Å². The molecule has 1 amide bonds. The van der Waals surface area contributed by atoms with Gasteiger partial charge in [-0.15, -0.1) is 0 Å². The molecule has 3 rings (SSSR count). The first-order valence-corrected chi connectivity index (χ1v) is 10.9. The summed E-state index contributed by atoms with van der Waals surface area (Å²) in [4.78, 5) is 12.4. The molecular weight excluding hydrogens is 416 g/mol. The van der Waals surface area contributed by atoms with Crippen molar-refractivity contribution in [2.75, 3.05) is 31.6 Å². The Kier molecular flexibility index (Phi) is 6.79. The quantitative estimate of drug-likeness (QED) is 0.719. The molecule has 0 spiro atoms. The van der Waals surface area contributed by atoms with E-state index in [0.29, 0.717) is 41.0 Å². The number of ether oxygens (including phenoxy) is 2. The third-order valence-electron chi connectivity index (χ3n) is 4.16. The van der Waals surface area contributed by atoms with Gasteiger partial charge in [0.1, 0.15) is 13.2 Å². The molecule has 7 nitrogen and oxygen atoms in total. The van der Waals surface area contributed by atoms with Gasteiger partial charge in [-0.3, -0.25) is 4.79 Å². The molecule has 0 bridgehead atoms. The van der Waals surface area contributed by atoms with Crippen molar-refractivity contribution in [1.29, 1.82) is 0 Å². The fraction of sp³-hybridized carbons (Fsp3) is 0.250. The average Bonchev–Trinajstić information content (AvgIpc) is 2.71. The lowest BCUT2D eigenvalue weighted by Crippen LogP contribution is -2.36. The van der Waals surface area contributed by atoms with Gasteiger partial charge in [0.05, 0.1) is 6.54 Å². The number of carbonyl (C=O) groups is 1. The number of sulfonamides is 1. The first-order chi connectivity index (χ1) is 13.9. The van der Waals surface area contributed by atoms with E-state index in [2.05, 4.69) is 5.32 Å². The number of hydrogen-bond donors (Lipinski definition) is 1. The van der Waals surface area contributed by atoms with Gasteiger partial charge in [0.25, 0.3) is 0 Å². The average molecular weight is 437 g/mol. The Labute approximate surface area is 174 Å². The zero-order valence-corrected chi connectivity index (χ0v) is 17.4. The van der Waals surface area contributed by atoms with Gasteiger partial charge in [0.15, 0.2) is 11.5 Å². The molecule has 9 heteroatoms. The van der Waals surface area contributed by atoms with Gasteiger partial charge in [-0.25, -0.2) is 8.42 Å². The number of hydrogen-bond acceptors (Lipinski definition) is 5. The van der Waals surface area contributed by atoms with Crippen LogP contribution in [0, 0.1) is 0 Å². The van der Waals surface area contributed by atoms with Crippen molar-refractivity contribution in [1.82, 2.24) is 4.31 Å². The van der Waals surface area contributed by atoms with E-state index >= 15 is 0 Å². The molecule has 0 saturated carbocycles. The molecule has 2 aromatic rings. The number of benzene rings is 2. The lowest BCUT2D eigenvalue weighted by atomic mass is 10.2. The maximum absolute atomic E-state index is 12.6. The minimum atomic E-state index is -3.77. The smallest absolute Gasteiger partial charge is 0.239 e. The maximum Gasteiger partial charge on any atom is 0.239 e. The summed E-state index contributed by atoms with van der Waals surface area (Å²) in [5.41, 5.74) is 1.19. The Morgan fingerprint density at radius 1 is 1.14 bits per heavy atom. The van der Waals surface area contributed by atoms with Gasteiger partial charge in [0.2, 0.25) is 15.9 Å². The zero-order valence-electron chi connectivity index (χ0n) is 15.8. The molecule has 154 valence electrons. The molecule has 0 aliphatic carbocycles. The Hall–Kier alpha value is -2.55. The number of fused-ring (bicyclic) bond motifs is 1. The fourth-order valence-corrected chi connectivity index (χ4v) is 3.97. The van der Waals surface area contributed by atoms with E-state index in [9.17, 15) is 13.2 Å². The molecule has 0 atom stereocenters. The van der Waals surface area contributed by atoms with Crippen LogP contribution >= 0.6 is 11.6 Å². The summed E-state index contributed by atoms with van der Waals surface area (Å²) in [7, 11) is -3.77. The molecule has 1 N–H and O–H groups in total. The maximum atomic E-state index is 12.6. The van der Waals surface area contributed by atoms with Crippen LogP contribution < -0.4 is 14.8 Å². The number of halogens is 1. The highest BCUT2D eigenvalue weighted by atomic mass is 35.5. The van der Waals surface area contributed by atoms with Crippen LogP contribution in [0.2, 0.25) is 5.02 Å². The van der Waals surface area contributed by atoms with Crippen LogP contribution in [-0.2, 0) is 14.8 Å². The molecule has 29 heavy (non-hydrogen) atoms. The fourth-order valence-electron chi connectivity index (χ4n) is 2.69. The lowest BCUT2D eigenvalue weighted by Gasteiger charge is -2.20. The zero-order chi connectivity index (χ0) is 20.9. The van der Waals surface area contributed by atoms with Gasteiger partial charge in [-0.05, 0) is 35.9 Å². The molecule has 0 saturated heterocycles. The number of amides is 1. The second kappa shape index (κ2) is 9.30. The summed E-state index contributed by atoms with van der Waals surface area (Å²) >= 11 is 5.83. The van der Waals surface area contributed by atoms with Gasteiger partial charge in [-0.2, -0.15) is 4.31 Å². The van der Waals surface area contributed by atoms with Gasteiger partial charge in [0, 0.05) is 28.7 Å². The Morgan fingerprint density at radius 2 is 1.83 bits per heavy atom. The van der Waals surface area contributed by atoms with E-state index in [-0.39, 0.29) is 13.1 Å². The van der Waals surface area contributed by atoms with Crippen molar-refractivity contribution in [3.8, 4) is 11.5 Å². The van der Waals surface area contributed by atoms with Crippen LogP contribution in [-0.4, -0.2) is 44.9 Å². The molecule has 1 aliphatic heterocycles. The molecule has 0 fully saturated rings. The van der Waals surface area contributed by atoms with Crippen LogP contribution in [0.25, 0.3) is 6.08 Å². The predicted molar refractivity (Wildman–Crippen MR) is 113 cm³/mol. The van der Waals surface area contributed by atoms with E-state index in [1.54, 1.807) is 49.4 Å². The number of anilines is 1. The summed E-state index contributed by atoms with van der Waals surface area (Å²) in [6.07, 6.45) is 1.47. The summed E-state index contributed by atoms with van der Waals surface area (Å²) in [5.74, 6) is 0.700. The predicted octanol–water partition coefficient (Wildman–Crippen LogP) is 3.37. The normalized spacial score (nSPS) is 13.6. The number of carbonyl (C=O) groups excluding carboxylic acids is 1. The lowest BCUT2D eigenvalue weighted by molar-refractivity contribution is -0.116. The van der Waals surface area contributed by atoms with Crippen LogP contribution in [0.15, 0.2) is 47.9 Å². The first kappa shape index (κ1) is 21.2. The third-order valence-corrected chi connectivity index (χ3v) is 6.00. The van der Waals surface area contributed by atoms with Crippen molar-refractivity contribution in [3.63, 3.8) is 0 Å². The SMILES string of the molecule is CCN(CC(=O)Nc1ccc2c(c1)OCCO2)S(=O)(=O)/C=C/c1ccc(Cl)cc1. The second-order valence-electron chi connectivity index (χ2n) is 6.23. The largest absolute Gasteiger partial charge is 0.486 e. The monoisotopic (exact) mass is 436 g/mol. The third kappa shape index (κ3) is 5.72. The molecule has 2 aromatic carbocycles. The summed E-state index contributed by atoms with van der Waals surface area (Å²) in [6, 6.07) is 11.8. The summed E-state index contributed by atoms with van der Waals surface area (Å²) in [5, 5.41) is 4.34. The highest BCUT2D eigenvalue weighted by molar-refractivity contribution is 7.92. The van der Waals surface area contributed by atoms with E-state index in [4.69, 9.17) is 21.1 Å². The minimum Gasteiger partial charge on any atom is -0.486 e. The summed E-state index contributed by atoms with van der Waals surface area (Å²) < 4.78 is 37.2. The number of nitrogens with one attached hydrogen (secondary N) is 1. The van der Waals surface area contributed by atoms with Crippen LogP contribution in [0.3, 0.4) is 0 Å². The van der Waals surface area contributed by atoms with Crippen LogP contribution in [0.5, 0.6) is 11.5 Å². The van der Waals surface area contributed by atoms with E-state index in [1.165, 1.54) is 6.08 Å². The van der Waals surface area contributed by atoms with Gasteiger partial charge >= 0.3 is 0 Å². The van der Waals surface area contributed by atoms with Crippen molar-refractivity contribution in [2.45, 2.75) is 6.92 Å². The molecule has 0 aromatic heterocycles. The first-order valence-electron chi connectivity index (χ1n) is 9.00. The van der Waals surface area contributed by atoms with Crippen molar-refractivity contribution in [2.24, 2.45) is 0 Å². The Balaban J connectivity index is 1.64. The molecule has 0 radical (unpaired) electrons. The van der Waals surface area contributed by atoms with E-state index in [0.717, 1.165) is 9.71 Å². The standard InChI is InChI=1S/C20H21ClN2O5S/c1-2-23(29(25,26)12-9-15-3-5-16(21)6-4-15)14-20(24)22-17-7-8-18-19(13-17)28-11-10-27-18/h3-9,12-13H,2,10-11,14H2,1H3,(H,22,24)/b12-9+. The number of likely N-dealkylation sites (N-methyl/N-ethyl adjacent to an activating group) is 1. The van der Waals surface area contributed by atoms with Crippen molar-refractivity contribution in [3.05, 3.63) is 58.5 Å².